The number of anilines is 3. The number of aryl methyl sites for hydroxylation is 3. The molecular weight excluding hydrogens is 871 g/mol. The van der Waals surface area contributed by atoms with Crippen LogP contribution in [0, 0.1) is 20.8 Å². The number of carbonyl (C=O) groups excluding carboxylic acids is 1. The first-order chi connectivity index (χ1) is 29.6. The Bertz CT molecular complexity index is 3100. The van der Waals surface area contributed by atoms with E-state index < -0.39 is 59.1 Å². The predicted molar refractivity (Wildman–Crippen MR) is 236 cm³/mol. The van der Waals surface area contributed by atoms with E-state index in [1.165, 1.54) is 84.9 Å². The predicted octanol–water partition coefficient (Wildman–Crippen LogP) is 7.38. The van der Waals surface area contributed by atoms with E-state index in [0.29, 0.717) is 16.7 Å². The summed E-state index contributed by atoms with van der Waals surface area (Å²) < 4.78 is 92.6. The van der Waals surface area contributed by atoms with Crippen molar-refractivity contribution < 1.29 is 54.6 Å². The van der Waals surface area contributed by atoms with E-state index in [9.17, 15) is 49.9 Å². The number of carbonyl (C=O) groups is 3. The normalized spacial score (nSPS) is 11.7. The Balaban J connectivity index is 1.43. The molecule has 6 rings (SSSR count). The van der Waals surface area contributed by atoms with E-state index in [-0.39, 0.29) is 55.7 Å². The van der Waals surface area contributed by atoms with E-state index in [2.05, 4.69) is 14.2 Å². The van der Waals surface area contributed by atoms with Gasteiger partial charge in [0.05, 0.1) is 55.5 Å². The zero-order valence-electron chi connectivity index (χ0n) is 34.2. The molecule has 0 saturated carbocycles. The van der Waals surface area contributed by atoms with Crippen LogP contribution in [0.5, 0.6) is 0 Å². The molecule has 0 fully saturated rings. The molecule has 0 aliphatic carbocycles. The van der Waals surface area contributed by atoms with Gasteiger partial charge in [-0.2, -0.15) is 0 Å². The first-order valence-corrected chi connectivity index (χ1v) is 23.4. The van der Waals surface area contributed by atoms with E-state index >= 15 is 0 Å². The van der Waals surface area contributed by atoms with Gasteiger partial charge < -0.3 is 14.9 Å². The molecule has 0 aromatic heterocycles. The van der Waals surface area contributed by atoms with Gasteiger partial charge in [-0.25, -0.2) is 39.6 Å². The molecule has 6 aromatic rings. The molecule has 0 saturated heterocycles. The largest absolute Gasteiger partial charge is 0.478 e. The Morgan fingerprint density at radius 1 is 0.476 bits per heavy atom. The third-order valence-electron chi connectivity index (χ3n) is 9.84. The van der Waals surface area contributed by atoms with Crippen molar-refractivity contribution in [2.45, 2.75) is 48.3 Å². The second kappa shape index (κ2) is 18.1. The number of nitrogens with one attached hydrogen (secondary N) is 3. The monoisotopic (exact) mass is 911 g/mol. The molecule has 63 heavy (non-hydrogen) atoms. The number of hydrogen-bond acceptors (Lipinski definition) is 10. The lowest BCUT2D eigenvalue weighted by Gasteiger charge is -2.19. The highest BCUT2D eigenvalue weighted by atomic mass is 32.2. The van der Waals surface area contributed by atoms with Crippen LogP contribution in [-0.4, -0.2) is 60.5 Å². The molecule has 0 spiro atoms. The molecule has 15 nitrogen and oxygen atoms in total. The van der Waals surface area contributed by atoms with Gasteiger partial charge in [0.15, 0.2) is 0 Å². The van der Waals surface area contributed by atoms with E-state index in [1.807, 2.05) is 0 Å². The van der Waals surface area contributed by atoms with Crippen LogP contribution in [0.15, 0.2) is 136 Å². The highest BCUT2D eigenvalue weighted by Crippen LogP contribution is 2.33. The van der Waals surface area contributed by atoms with Gasteiger partial charge in [0.1, 0.15) is 0 Å². The van der Waals surface area contributed by atoms with Crippen molar-refractivity contribution in [2.24, 2.45) is 0 Å². The van der Waals surface area contributed by atoms with Crippen molar-refractivity contribution in [1.29, 1.82) is 0 Å². The van der Waals surface area contributed by atoms with Gasteiger partial charge in [0.2, 0.25) is 0 Å². The number of rotatable bonds is 16. The van der Waals surface area contributed by atoms with Crippen LogP contribution in [-0.2, 0) is 47.6 Å². The lowest BCUT2D eigenvalue weighted by Crippen LogP contribution is -2.18. The minimum Gasteiger partial charge on any atom is -0.478 e. The number of methoxy groups -OCH3 is 1. The highest BCUT2D eigenvalue weighted by molar-refractivity contribution is 7.93. The summed E-state index contributed by atoms with van der Waals surface area (Å²) in [6.07, 6.45) is -0.314. The molecular formula is C45H41N3O12S3. The van der Waals surface area contributed by atoms with Crippen LogP contribution in [0.3, 0.4) is 0 Å². The molecule has 18 heteroatoms. The maximum atomic E-state index is 13.8. The fourth-order valence-electron chi connectivity index (χ4n) is 6.54. The third-order valence-corrected chi connectivity index (χ3v) is 14.0. The second-order valence-electron chi connectivity index (χ2n) is 14.6. The van der Waals surface area contributed by atoms with Crippen LogP contribution in [0.1, 0.15) is 70.0 Å². The van der Waals surface area contributed by atoms with Gasteiger partial charge in [0.25, 0.3) is 30.1 Å². The Morgan fingerprint density at radius 2 is 0.857 bits per heavy atom. The molecule has 0 amide bonds. The summed E-state index contributed by atoms with van der Waals surface area (Å²) in [4.78, 5) is 38.2. The Hall–Kier alpha value is -7.02. The fraction of sp³-hybridized carbons (Fsp3) is 0.133. The molecule has 0 heterocycles. The summed E-state index contributed by atoms with van der Waals surface area (Å²) in [7, 11) is -11.7. The second-order valence-corrected chi connectivity index (χ2v) is 19.7. The minimum atomic E-state index is -4.40. The summed E-state index contributed by atoms with van der Waals surface area (Å²) >= 11 is 0. The zero-order chi connectivity index (χ0) is 45.9. The fourth-order valence-corrected chi connectivity index (χ4v) is 9.83. The summed E-state index contributed by atoms with van der Waals surface area (Å²) in [6, 6.07) is 28.7. The maximum Gasteiger partial charge on any atom is 0.340 e. The van der Waals surface area contributed by atoms with Crippen LogP contribution < -0.4 is 14.2 Å². The zero-order valence-corrected chi connectivity index (χ0v) is 36.6. The number of aromatic carboxylic acids is 2. The first kappa shape index (κ1) is 45.5. The van der Waals surface area contributed by atoms with Gasteiger partial charge >= 0.3 is 17.9 Å². The van der Waals surface area contributed by atoms with Crippen molar-refractivity contribution in [3.63, 3.8) is 0 Å². The van der Waals surface area contributed by atoms with Gasteiger partial charge in [-0.3, -0.25) is 14.2 Å². The molecule has 0 aliphatic heterocycles. The molecule has 0 radical (unpaired) electrons. The number of benzene rings is 6. The maximum absolute atomic E-state index is 13.8. The summed E-state index contributed by atoms with van der Waals surface area (Å²) in [5, 5.41) is 20.6. The Labute approximate surface area is 364 Å². The standard InChI is InChI=1S/C45H41N3O12S3/c1-27-5-13-34(14-6-27)61(54,55)46-40-19-11-30(24-37(40)43(49)50)21-32-23-33(42(39(26-32)44(51)52)48-63(58,59)36-17-9-29(3)10-18-36)22-31-12-20-41(38(25-31)45(53)60-4)47-62(56,57)35-15-7-28(2)8-16-35/h5-20,23-26,46-48H,21-22H2,1-4H3,(H,49,50)(H,51,52). The molecule has 5 N–H and O–H groups in total. The number of esters is 1. The SMILES string of the molecule is COC(=O)c1cc(Cc2cc(Cc3ccc(NS(=O)(=O)c4ccc(C)cc4)c(C(=O)O)c3)cc(C(=O)O)c2NS(=O)(=O)c2ccc(C)cc2)ccc1NS(=O)(=O)c1ccc(C)cc1. The van der Waals surface area contributed by atoms with Gasteiger partial charge in [0, 0.05) is 0 Å². The summed E-state index contributed by atoms with van der Waals surface area (Å²) in [5.41, 5.74) is 1.79. The molecule has 0 atom stereocenters. The van der Waals surface area contributed by atoms with Gasteiger partial charge in [-0.05, 0) is 123 Å². The van der Waals surface area contributed by atoms with Crippen molar-refractivity contribution in [1.82, 2.24) is 0 Å². The Morgan fingerprint density at radius 3 is 1.29 bits per heavy atom. The summed E-state index contributed by atoms with van der Waals surface area (Å²) in [6.45, 7) is 5.34. The van der Waals surface area contributed by atoms with Crippen molar-refractivity contribution in [3.8, 4) is 0 Å². The van der Waals surface area contributed by atoms with Crippen LogP contribution in [0.2, 0.25) is 0 Å². The average Bonchev–Trinajstić information content (AvgIpc) is 3.22. The number of ether oxygens (including phenoxy) is 1. The van der Waals surface area contributed by atoms with Crippen LogP contribution >= 0.6 is 0 Å². The van der Waals surface area contributed by atoms with Crippen molar-refractivity contribution in [2.75, 3.05) is 21.3 Å². The van der Waals surface area contributed by atoms with Crippen LogP contribution in [0.4, 0.5) is 17.1 Å². The Kier molecular flexibility index (Phi) is 13.1. The van der Waals surface area contributed by atoms with Crippen LogP contribution in [0.25, 0.3) is 0 Å². The highest BCUT2D eigenvalue weighted by Gasteiger charge is 2.26. The molecule has 6 aromatic carbocycles. The summed E-state index contributed by atoms with van der Waals surface area (Å²) in [5.74, 6) is -3.86. The molecule has 326 valence electrons. The lowest BCUT2D eigenvalue weighted by molar-refractivity contribution is 0.0600. The van der Waals surface area contributed by atoms with E-state index in [0.717, 1.165) is 23.8 Å². The molecule has 0 aliphatic rings. The quantitative estimate of drug-likeness (QED) is 0.0598. The van der Waals surface area contributed by atoms with Gasteiger partial charge in [-0.1, -0.05) is 71.3 Å². The van der Waals surface area contributed by atoms with Gasteiger partial charge in [-0.15, -0.1) is 0 Å². The van der Waals surface area contributed by atoms with E-state index in [1.54, 1.807) is 57.2 Å². The molecule has 0 bridgehead atoms. The number of carboxylic acids is 2. The number of sulfonamides is 3. The number of hydrogen-bond donors (Lipinski definition) is 5. The first-order valence-electron chi connectivity index (χ1n) is 18.9. The lowest BCUT2D eigenvalue weighted by atomic mass is 9.93. The minimum absolute atomic E-state index is 0.0647. The topological polar surface area (TPSA) is 239 Å². The third kappa shape index (κ3) is 10.7. The van der Waals surface area contributed by atoms with Crippen molar-refractivity contribution in [3.05, 3.63) is 177 Å². The van der Waals surface area contributed by atoms with Crippen molar-refractivity contribution >= 4 is 65.0 Å². The van der Waals surface area contributed by atoms with E-state index in [4.69, 9.17) is 4.74 Å². The smallest absolute Gasteiger partial charge is 0.340 e. The average molecular weight is 912 g/mol. The molecule has 0 unspecified atom stereocenters. The number of carboxylic acid groups (broad SMARTS) is 2.